The summed E-state index contributed by atoms with van der Waals surface area (Å²) in [6, 6.07) is 12.8. The Hall–Kier alpha value is -1.91. The topological polar surface area (TPSA) is 54.2 Å². The number of hydrogen-bond donors (Lipinski definition) is 2. The van der Waals surface area contributed by atoms with Crippen molar-refractivity contribution in [1.29, 1.82) is 0 Å². The summed E-state index contributed by atoms with van der Waals surface area (Å²) in [7, 11) is 0. The first-order valence-electron chi connectivity index (χ1n) is 7.06. The van der Waals surface area contributed by atoms with Gasteiger partial charge in [0.05, 0.1) is 0 Å². The third kappa shape index (κ3) is 2.98. The minimum Gasteiger partial charge on any atom is -0.308 e. The Morgan fingerprint density at radius 2 is 2.05 bits per heavy atom. The minimum absolute atomic E-state index is 0.720. The first-order chi connectivity index (χ1) is 9.85. The molecule has 0 unspecified atom stereocenters. The molecule has 3 rings (SSSR count). The van der Waals surface area contributed by atoms with Gasteiger partial charge >= 0.3 is 0 Å². The van der Waals surface area contributed by atoms with Gasteiger partial charge in [0.15, 0.2) is 0 Å². The van der Waals surface area contributed by atoms with Gasteiger partial charge in [-0.2, -0.15) is 0 Å². The summed E-state index contributed by atoms with van der Waals surface area (Å²) >= 11 is 0. The highest BCUT2D eigenvalue weighted by molar-refractivity contribution is 5.36. The van der Waals surface area contributed by atoms with Crippen LogP contribution >= 0.6 is 0 Å². The van der Waals surface area contributed by atoms with Crippen molar-refractivity contribution in [2.75, 3.05) is 12.0 Å². The van der Waals surface area contributed by atoms with Crippen LogP contribution in [0.15, 0.2) is 42.6 Å². The van der Waals surface area contributed by atoms with Crippen LogP contribution < -0.4 is 11.3 Å². The fourth-order valence-corrected chi connectivity index (χ4v) is 2.81. The number of fused-ring (bicyclic) bond motifs is 1. The molecule has 4 heteroatoms. The predicted molar refractivity (Wildman–Crippen MR) is 80.9 cm³/mol. The molecule has 1 aromatic heterocycles. The number of pyridine rings is 1. The SMILES string of the molecule is NNc1cc(CN2CCCc3ccccc3C2)ccn1. The summed E-state index contributed by atoms with van der Waals surface area (Å²) in [5, 5.41) is 0. The zero-order valence-electron chi connectivity index (χ0n) is 11.5. The molecule has 104 valence electrons. The molecule has 0 atom stereocenters. The Labute approximate surface area is 119 Å². The van der Waals surface area contributed by atoms with E-state index in [1.165, 1.54) is 29.5 Å². The van der Waals surface area contributed by atoms with E-state index in [1.807, 2.05) is 6.07 Å². The molecular weight excluding hydrogens is 248 g/mol. The summed E-state index contributed by atoms with van der Waals surface area (Å²) in [5.74, 6) is 6.13. The average molecular weight is 268 g/mol. The minimum atomic E-state index is 0.720. The van der Waals surface area contributed by atoms with Crippen LogP contribution in [0.3, 0.4) is 0 Å². The highest BCUT2D eigenvalue weighted by Gasteiger charge is 2.14. The standard InChI is InChI=1S/C16H20N4/c17-19-16-10-13(7-8-18-16)11-20-9-3-6-14-4-1-2-5-15(14)12-20/h1-2,4-5,7-8,10H,3,6,9,11-12,17H2,(H,18,19). The van der Waals surface area contributed by atoms with Crippen molar-refractivity contribution in [3.8, 4) is 0 Å². The molecule has 0 bridgehead atoms. The first kappa shape index (κ1) is 13.1. The van der Waals surface area contributed by atoms with Crippen LogP contribution in [0.2, 0.25) is 0 Å². The number of anilines is 1. The molecule has 3 N–H and O–H groups in total. The van der Waals surface area contributed by atoms with Crippen LogP contribution in [0.5, 0.6) is 0 Å². The molecule has 0 aliphatic carbocycles. The van der Waals surface area contributed by atoms with E-state index >= 15 is 0 Å². The zero-order chi connectivity index (χ0) is 13.8. The van der Waals surface area contributed by atoms with E-state index in [-0.39, 0.29) is 0 Å². The van der Waals surface area contributed by atoms with Gasteiger partial charge in [-0.25, -0.2) is 10.8 Å². The van der Waals surface area contributed by atoms with Crippen LogP contribution in [0.4, 0.5) is 5.82 Å². The number of hydrogen-bond acceptors (Lipinski definition) is 4. The molecule has 2 heterocycles. The van der Waals surface area contributed by atoms with Gasteiger partial charge in [0, 0.05) is 19.3 Å². The largest absolute Gasteiger partial charge is 0.308 e. The average Bonchev–Trinajstić information content (AvgIpc) is 2.69. The van der Waals surface area contributed by atoms with Gasteiger partial charge in [-0.1, -0.05) is 24.3 Å². The van der Waals surface area contributed by atoms with E-state index in [2.05, 4.69) is 45.6 Å². The quantitative estimate of drug-likeness (QED) is 0.662. The Morgan fingerprint density at radius 1 is 1.20 bits per heavy atom. The summed E-state index contributed by atoms with van der Waals surface area (Å²) in [6.07, 6.45) is 4.19. The molecule has 1 aliphatic heterocycles. The lowest BCUT2D eigenvalue weighted by Gasteiger charge is -2.20. The molecule has 0 saturated carbocycles. The molecule has 20 heavy (non-hydrogen) atoms. The highest BCUT2D eigenvalue weighted by Crippen LogP contribution is 2.20. The van der Waals surface area contributed by atoms with Gasteiger partial charge < -0.3 is 5.43 Å². The van der Waals surface area contributed by atoms with Crippen LogP contribution in [0, 0.1) is 0 Å². The summed E-state index contributed by atoms with van der Waals surface area (Å²) in [5.41, 5.74) is 6.80. The van der Waals surface area contributed by atoms with Crippen molar-refractivity contribution in [2.24, 2.45) is 5.84 Å². The predicted octanol–water partition coefficient (Wildman–Crippen LogP) is 2.32. The number of aryl methyl sites for hydroxylation is 1. The lowest BCUT2D eigenvalue weighted by atomic mass is 10.0. The normalized spacial score (nSPS) is 15.4. The van der Waals surface area contributed by atoms with Crippen LogP contribution in [-0.4, -0.2) is 16.4 Å². The number of benzene rings is 1. The summed E-state index contributed by atoms with van der Waals surface area (Å²) < 4.78 is 0. The second kappa shape index (κ2) is 6.03. The first-order valence-corrected chi connectivity index (χ1v) is 7.06. The number of nitrogens with one attached hydrogen (secondary N) is 1. The summed E-state index contributed by atoms with van der Waals surface area (Å²) in [6.45, 7) is 3.08. The smallest absolute Gasteiger partial charge is 0.140 e. The molecule has 2 aromatic rings. The Kier molecular flexibility index (Phi) is 3.95. The zero-order valence-corrected chi connectivity index (χ0v) is 11.5. The van der Waals surface area contributed by atoms with Gasteiger partial charge in [0.25, 0.3) is 0 Å². The van der Waals surface area contributed by atoms with E-state index in [1.54, 1.807) is 6.20 Å². The molecule has 0 saturated heterocycles. The lowest BCUT2D eigenvalue weighted by molar-refractivity contribution is 0.261. The van der Waals surface area contributed by atoms with E-state index < -0.39 is 0 Å². The number of nitrogen functional groups attached to an aromatic ring is 1. The second-order valence-electron chi connectivity index (χ2n) is 5.28. The number of hydrazine groups is 1. The monoisotopic (exact) mass is 268 g/mol. The third-order valence-corrected chi connectivity index (χ3v) is 3.81. The van der Waals surface area contributed by atoms with Crippen LogP contribution in [0.1, 0.15) is 23.1 Å². The van der Waals surface area contributed by atoms with E-state index in [9.17, 15) is 0 Å². The van der Waals surface area contributed by atoms with Gasteiger partial charge in [0.2, 0.25) is 0 Å². The van der Waals surface area contributed by atoms with Gasteiger partial charge in [-0.15, -0.1) is 0 Å². The molecule has 0 radical (unpaired) electrons. The molecule has 1 aliphatic rings. The Balaban J connectivity index is 1.74. The van der Waals surface area contributed by atoms with E-state index in [4.69, 9.17) is 5.84 Å². The second-order valence-corrected chi connectivity index (χ2v) is 5.28. The fourth-order valence-electron chi connectivity index (χ4n) is 2.81. The van der Waals surface area contributed by atoms with Crippen molar-refractivity contribution in [3.05, 3.63) is 59.3 Å². The van der Waals surface area contributed by atoms with Crippen molar-refractivity contribution in [2.45, 2.75) is 25.9 Å². The maximum Gasteiger partial charge on any atom is 0.140 e. The van der Waals surface area contributed by atoms with Crippen molar-refractivity contribution < 1.29 is 0 Å². The Bertz CT molecular complexity index is 582. The summed E-state index contributed by atoms with van der Waals surface area (Å²) in [4.78, 5) is 6.64. The van der Waals surface area contributed by atoms with Gasteiger partial charge in [-0.05, 0) is 48.2 Å². The number of aromatic nitrogens is 1. The van der Waals surface area contributed by atoms with Gasteiger partial charge in [0.1, 0.15) is 5.82 Å². The maximum absolute atomic E-state index is 5.41. The Morgan fingerprint density at radius 3 is 2.90 bits per heavy atom. The van der Waals surface area contributed by atoms with Crippen LogP contribution in [-0.2, 0) is 19.5 Å². The van der Waals surface area contributed by atoms with E-state index in [0.29, 0.717) is 0 Å². The van der Waals surface area contributed by atoms with E-state index in [0.717, 1.165) is 25.5 Å². The van der Waals surface area contributed by atoms with Crippen LogP contribution in [0.25, 0.3) is 0 Å². The highest BCUT2D eigenvalue weighted by atomic mass is 15.2. The number of rotatable bonds is 3. The molecule has 4 nitrogen and oxygen atoms in total. The molecule has 0 fully saturated rings. The molecule has 0 amide bonds. The number of nitrogens with two attached hydrogens (primary N) is 1. The molecular formula is C16H20N4. The molecule has 1 aromatic carbocycles. The fraction of sp³-hybridized carbons (Fsp3) is 0.312. The van der Waals surface area contributed by atoms with Crippen molar-refractivity contribution in [1.82, 2.24) is 9.88 Å². The lowest BCUT2D eigenvalue weighted by Crippen LogP contribution is -2.23. The molecule has 0 spiro atoms. The number of nitrogens with zero attached hydrogens (tertiary/aromatic N) is 2. The third-order valence-electron chi connectivity index (χ3n) is 3.81. The van der Waals surface area contributed by atoms with Crippen molar-refractivity contribution >= 4 is 5.82 Å². The van der Waals surface area contributed by atoms with Crippen molar-refractivity contribution in [3.63, 3.8) is 0 Å². The maximum atomic E-state index is 5.41. The van der Waals surface area contributed by atoms with Gasteiger partial charge in [-0.3, -0.25) is 4.90 Å².